The highest BCUT2D eigenvalue weighted by molar-refractivity contribution is 7.20. The van der Waals surface area contributed by atoms with Crippen molar-refractivity contribution in [3.63, 3.8) is 0 Å². The summed E-state index contributed by atoms with van der Waals surface area (Å²) in [5.74, 6) is 0. The van der Waals surface area contributed by atoms with Gasteiger partial charge >= 0.3 is 0 Å². The van der Waals surface area contributed by atoms with Gasteiger partial charge in [-0.25, -0.2) is 0 Å². The van der Waals surface area contributed by atoms with Crippen LogP contribution in [0.4, 0.5) is 0 Å². The Morgan fingerprint density at radius 3 is 0.773 bits per heavy atom. The van der Waals surface area contributed by atoms with Crippen LogP contribution < -0.4 is 20.7 Å². The van der Waals surface area contributed by atoms with Crippen LogP contribution in [0.25, 0.3) is 127 Å². The van der Waals surface area contributed by atoms with Gasteiger partial charge in [0.1, 0.15) is 0 Å². The van der Waals surface area contributed by atoms with Crippen molar-refractivity contribution in [3.8, 4) is 61.6 Å². The van der Waals surface area contributed by atoms with Gasteiger partial charge in [-0.15, -0.1) is 0 Å². The molecule has 0 aliphatic carbocycles. The molecule has 3 heterocycles. The van der Waals surface area contributed by atoms with Gasteiger partial charge in [-0.3, -0.25) is 0 Å². The Morgan fingerprint density at radius 1 is 0.159 bits per heavy atom. The van der Waals surface area contributed by atoms with Crippen molar-refractivity contribution in [1.29, 1.82) is 0 Å². The van der Waals surface area contributed by atoms with E-state index in [4.69, 9.17) is 0 Å². The maximum Gasteiger partial charge on any atom is 0.179 e. The summed E-state index contributed by atoms with van der Waals surface area (Å²) < 4.78 is 7.48. The molecule has 0 aliphatic heterocycles. The molecular formula is C84H57N3Si. The van der Waals surface area contributed by atoms with E-state index in [9.17, 15) is 0 Å². The van der Waals surface area contributed by atoms with Gasteiger partial charge in [0.2, 0.25) is 0 Å². The van der Waals surface area contributed by atoms with Gasteiger partial charge in [0, 0.05) is 49.4 Å². The molecule has 0 spiro atoms. The van der Waals surface area contributed by atoms with E-state index in [1.165, 1.54) is 109 Å². The predicted molar refractivity (Wildman–Crippen MR) is 375 cm³/mol. The van der Waals surface area contributed by atoms with Gasteiger partial charge in [-0.2, -0.15) is 0 Å². The molecule has 14 aromatic carbocycles. The number of hydrogen-bond donors (Lipinski definition) is 0. The highest BCUT2D eigenvalue weighted by Gasteiger charge is 2.41. The first kappa shape index (κ1) is 51.1. The standard InChI is InChI=1S/C84H57N3Si/c1-8-23-58(24-9-1)62-31-22-32-66(51-62)85-81-47-41-65(61-29-14-4-15-30-61)54-75(81)76-55-67(42-48-82(76)85)87-83-49-43-68(86-79-45-39-63(59-25-10-2-11-26-59)52-73(79)74-53-64(40-46-80(74)86)60-27-12-3-13-28-60)56-77(83)78-57-72(44-50-84(78)87)88(69-33-16-5-17-34-69,70-35-18-6-19-36-70)71-37-20-7-21-38-71/h1-57H. The van der Waals surface area contributed by atoms with Crippen molar-refractivity contribution in [1.82, 2.24) is 13.7 Å². The Morgan fingerprint density at radius 2 is 0.420 bits per heavy atom. The fraction of sp³-hybridized carbons (Fsp3) is 0. The lowest BCUT2D eigenvalue weighted by Gasteiger charge is -2.34. The summed E-state index contributed by atoms with van der Waals surface area (Å²) in [4.78, 5) is 0. The third-order valence-corrected chi connectivity index (χ3v) is 23.1. The molecular weight excluding hydrogens is 1080 g/mol. The molecule has 17 aromatic rings. The van der Waals surface area contributed by atoms with E-state index in [0.717, 1.165) is 39.1 Å². The van der Waals surface area contributed by atoms with Crippen molar-refractivity contribution in [2.24, 2.45) is 0 Å². The van der Waals surface area contributed by atoms with E-state index in [2.05, 4.69) is 359 Å². The number of hydrogen-bond acceptors (Lipinski definition) is 0. The van der Waals surface area contributed by atoms with Crippen LogP contribution in [0.3, 0.4) is 0 Å². The first-order valence-electron chi connectivity index (χ1n) is 30.4. The maximum absolute atomic E-state index is 2.95. The monoisotopic (exact) mass is 1140 g/mol. The predicted octanol–water partition coefficient (Wildman–Crippen LogP) is 19.0. The van der Waals surface area contributed by atoms with Crippen LogP contribution in [0.1, 0.15) is 0 Å². The zero-order chi connectivity index (χ0) is 58.1. The molecule has 0 saturated carbocycles. The fourth-order valence-corrected chi connectivity index (χ4v) is 19.1. The lowest BCUT2D eigenvalue weighted by molar-refractivity contribution is 1.16. The summed E-state index contributed by atoms with van der Waals surface area (Å²) in [6, 6.07) is 129. The highest BCUT2D eigenvalue weighted by atomic mass is 28.3. The van der Waals surface area contributed by atoms with Crippen LogP contribution in [0, 0.1) is 0 Å². The van der Waals surface area contributed by atoms with Crippen LogP contribution in [0.2, 0.25) is 0 Å². The third kappa shape index (κ3) is 8.33. The van der Waals surface area contributed by atoms with Crippen LogP contribution in [-0.2, 0) is 0 Å². The maximum atomic E-state index is 2.57. The summed E-state index contributed by atoms with van der Waals surface area (Å²) in [6.45, 7) is 0. The Balaban J connectivity index is 0.942. The van der Waals surface area contributed by atoms with E-state index in [-0.39, 0.29) is 0 Å². The number of aromatic nitrogens is 3. The Labute approximate surface area is 512 Å². The number of nitrogens with zero attached hydrogens (tertiary/aromatic N) is 3. The molecule has 0 saturated heterocycles. The van der Waals surface area contributed by atoms with E-state index in [1.54, 1.807) is 0 Å². The molecule has 3 aromatic heterocycles. The summed E-state index contributed by atoms with van der Waals surface area (Å²) in [7, 11) is -2.95. The summed E-state index contributed by atoms with van der Waals surface area (Å²) in [5, 5.41) is 12.6. The average Bonchev–Trinajstić information content (AvgIpc) is 1.64. The van der Waals surface area contributed by atoms with Crippen LogP contribution >= 0.6 is 0 Å². The molecule has 0 fully saturated rings. The molecule has 0 atom stereocenters. The molecule has 0 bridgehead atoms. The fourth-order valence-electron chi connectivity index (χ4n) is 14.3. The van der Waals surface area contributed by atoms with Crippen molar-refractivity contribution in [2.45, 2.75) is 0 Å². The van der Waals surface area contributed by atoms with Gasteiger partial charge in [0.15, 0.2) is 8.07 Å². The van der Waals surface area contributed by atoms with Crippen molar-refractivity contribution in [3.05, 3.63) is 346 Å². The summed E-state index contributed by atoms with van der Waals surface area (Å²) in [6.07, 6.45) is 0. The second kappa shape index (κ2) is 21.0. The van der Waals surface area contributed by atoms with Crippen molar-refractivity contribution < 1.29 is 0 Å². The first-order valence-corrected chi connectivity index (χ1v) is 32.4. The number of fused-ring (bicyclic) bond motifs is 9. The summed E-state index contributed by atoms with van der Waals surface area (Å²) in [5.41, 5.74) is 19.8. The van der Waals surface area contributed by atoms with E-state index in [0.29, 0.717) is 0 Å². The lowest BCUT2D eigenvalue weighted by Crippen LogP contribution is -2.74. The quantitative estimate of drug-likeness (QED) is 0.0906. The van der Waals surface area contributed by atoms with E-state index < -0.39 is 8.07 Å². The largest absolute Gasteiger partial charge is 0.309 e. The average molecular weight is 1140 g/mol. The van der Waals surface area contributed by atoms with Gasteiger partial charge in [0.05, 0.1) is 33.1 Å². The minimum atomic E-state index is -2.95. The first-order chi connectivity index (χ1) is 43.6. The zero-order valence-electron chi connectivity index (χ0n) is 48.3. The molecule has 88 heavy (non-hydrogen) atoms. The van der Waals surface area contributed by atoms with E-state index >= 15 is 0 Å². The van der Waals surface area contributed by atoms with Crippen molar-refractivity contribution in [2.75, 3.05) is 0 Å². The van der Waals surface area contributed by atoms with Gasteiger partial charge in [-0.1, -0.05) is 255 Å². The minimum Gasteiger partial charge on any atom is -0.309 e. The molecule has 0 aliphatic rings. The Hall–Kier alpha value is -11.3. The second-order valence-corrected chi connectivity index (χ2v) is 27.0. The smallest absolute Gasteiger partial charge is 0.179 e. The molecule has 0 amide bonds. The molecule has 412 valence electrons. The van der Waals surface area contributed by atoms with Crippen LogP contribution in [0.5, 0.6) is 0 Å². The molecule has 4 heteroatoms. The molecule has 0 radical (unpaired) electrons. The van der Waals surface area contributed by atoms with Gasteiger partial charge < -0.3 is 13.7 Å². The van der Waals surface area contributed by atoms with Crippen LogP contribution in [0.15, 0.2) is 346 Å². The lowest BCUT2D eigenvalue weighted by atomic mass is 10.0. The molecule has 17 rings (SSSR count). The Bertz CT molecular complexity index is 5270. The second-order valence-electron chi connectivity index (χ2n) is 23.2. The summed E-state index contributed by atoms with van der Waals surface area (Å²) >= 11 is 0. The molecule has 0 unspecified atom stereocenters. The van der Waals surface area contributed by atoms with Crippen LogP contribution in [-0.4, -0.2) is 21.8 Å². The number of benzene rings is 14. The topological polar surface area (TPSA) is 14.8 Å². The Kier molecular flexibility index (Phi) is 12.2. The zero-order valence-corrected chi connectivity index (χ0v) is 49.3. The number of rotatable bonds is 11. The van der Waals surface area contributed by atoms with Crippen molar-refractivity contribution >= 4 is 94.2 Å². The normalized spacial score (nSPS) is 11.9. The molecule has 3 nitrogen and oxygen atoms in total. The molecule has 0 N–H and O–H groups in total. The third-order valence-electron chi connectivity index (χ3n) is 18.4. The van der Waals surface area contributed by atoms with E-state index in [1.807, 2.05) is 0 Å². The minimum absolute atomic E-state index is 1.10. The van der Waals surface area contributed by atoms with Gasteiger partial charge in [-0.05, 0) is 156 Å². The SMILES string of the molecule is c1ccc(-c2cccc(-n3c4ccc(-c5ccccc5)cc4c4cc(-n5c6ccc(-n7c8ccc(-c9ccccc9)cc8c8cc(-c9ccccc9)ccc87)cc6c6cc([Si](c7ccccc7)(c7ccccc7)c7ccccc7)ccc65)ccc43)c2)cc1. The van der Waals surface area contributed by atoms with Gasteiger partial charge in [0.25, 0.3) is 0 Å². The highest BCUT2D eigenvalue weighted by Crippen LogP contribution is 2.42.